The molecule has 0 atom stereocenters. The van der Waals surface area contributed by atoms with Crippen molar-refractivity contribution in [1.29, 1.82) is 0 Å². The number of halogens is 1. The first-order valence-corrected chi connectivity index (χ1v) is 5.64. The minimum absolute atomic E-state index is 0.259. The molecule has 0 aliphatic heterocycles. The predicted molar refractivity (Wildman–Crippen MR) is 67.2 cm³/mol. The summed E-state index contributed by atoms with van der Waals surface area (Å²) < 4.78 is 5.94. The Morgan fingerprint density at radius 2 is 2.06 bits per heavy atom. The van der Waals surface area contributed by atoms with E-state index in [0.29, 0.717) is 5.56 Å². The highest BCUT2D eigenvalue weighted by molar-refractivity contribution is 14.1. The number of esters is 1. The van der Waals surface area contributed by atoms with Gasteiger partial charge in [-0.25, -0.2) is 9.78 Å². The SMILES string of the molecule is O=C(Oc1c[c]c(I)cn1)c1ccccc1. The summed E-state index contributed by atoms with van der Waals surface area (Å²) in [6, 6.07) is 13.2. The molecule has 0 fully saturated rings. The van der Waals surface area contributed by atoms with Crippen molar-refractivity contribution in [3.8, 4) is 5.88 Å². The maximum atomic E-state index is 11.6. The first-order chi connectivity index (χ1) is 7.75. The van der Waals surface area contributed by atoms with Crippen LogP contribution < -0.4 is 4.74 Å². The van der Waals surface area contributed by atoms with E-state index in [2.05, 4.69) is 33.6 Å². The largest absolute Gasteiger partial charge is 0.404 e. The molecular formula is C12H7INO2. The van der Waals surface area contributed by atoms with E-state index in [1.165, 1.54) is 0 Å². The van der Waals surface area contributed by atoms with Gasteiger partial charge in [0.05, 0.1) is 5.56 Å². The van der Waals surface area contributed by atoms with Gasteiger partial charge in [0.25, 0.3) is 0 Å². The normalized spacial score (nSPS) is 9.81. The summed E-state index contributed by atoms with van der Waals surface area (Å²) in [4.78, 5) is 15.6. The number of hydrogen-bond acceptors (Lipinski definition) is 3. The van der Waals surface area contributed by atoms with Gasteiger partial charge in [0.2, 0.25) is 5.88 Å². The van der Waals surface area contributed by atoms with Crippen molar-refractivity contribution in [3.05, 3.63) is 57.8 Å². The molecule has 3 nitrogen and oxygen atoms in total. The number of carbonyl (C=O) groups is 1. The van der Waals surface area contributed by atoms with E-state index in [-0.39, 0.29) is 5.88 Å². The Kier molecular flexibility index (Phi) is 3.51. The van der Waals surface area contributed by atoms with Gasteiger partial charge in [-0.3, -0.25) is 0 Å². The quantitative estimate of drug-likeness (QED) is 0.630. The highest BCUT2D eigenvalue weighted by atomic mass is 127. The molecule has 1 radical (unpaired) electrons. The zero-order valence-corrected chi connectivity index (χ0v) is 10.3. The van der Waals surface area contributed by atoms with Gasteiger partial charge in [0.1, 0.15) is 0 Å². The van der Waals surface area contributed by atoms with Gasteiger partial charge in [0.15, 0.2) is 0 Å². The Balaban J connectivity index is 2.11. The van der Waals surface area contributed by atoms with Crippen LogP contribution in [0.15, 0.2) is 42.6 Å². The van der Waals surface area contributed by atoms with E-state index in [4.69, 9.17) is 4.74 Å². The number of aromatic nitrogens is 1. The van der Waals surface area contributed by atoms with Crippen LogP contribution in [0.3, 0.4) is 0 Å². The van der Waals surface area contributed by atoms with Gasteiger partial charge in [-0.1, -0.05) is 18.2 Å². The van der Waals surface area contributed by atoms with Crippen LogP contribution in [0.25, 0.3) is 0 Å². The molecule has 0 saturated carbocycles. The number of benzene rings is 1. The molecule has 16 heavy (non-hydrogen) atoms. The Bertz CT molecular complexity index is 482. The Hall–Kier alpha value is -1.43. The molecule has 4 heteroatoms. The first-order valence-electron chi connectivity index (χ1n) is 4.56. The topological polar surface area (TPSA) is 39.2 Å². The average molecular weight is 324 g/mol. The standard InChI is InChI=1S/C12H7INO2/c13-10-6-7-11(14-8-10)16-12(15)9-4-2-1-3-5-9/h1-5,7-8H. The number of pyridine rings is 1. The van der Waals surface area contributed by atoms with Crippen LogP contribution >= 0.6 is 22.6 Å². The van der Waals surface area contributed by atoms with Gasteiger partial charge < -0.3 is 4.74 Å². The molecule has 0 unspecified atom stereocenters. The van der Waals surface area contributed by atoms with E-state index in [1.54, 1.807) is 36.5 Å². The lowest BCUT2D eigenvalue weighted by Gasteiger charge is -2.02. The third kappa shape index (κ3) is 2.79. The van der Waals surface area contributed by atoms with Crippen LogP contribution in [0.4, 0.5) is 0 Å². The summed E-state index contributed by atoms with van der Waals surface area (Å²) >= 11 is 2.08. The maximum absolute atomic E-state index is 11.6. The monoisotopic (exact) mass is 324 g/mol. The second kappa shape index (κ2) is 5.07. The lowest BCUT2D eigenvalue weighted by atomic mass is 10.2. The number of carbonyl (C=O) groups excluding carboxylic acids is 1. The van der Waals surface area contributed by atoms with Crippen LogP contribution in [0.1, 0.15) is 10.4 Å². The van der Waals surface area contributed by atoms with E-state index in [0.717, 1.165) is 3.57 Å². The maximum Gasteiger partial charge on any atom is 0.344 e. The molecule has 1 heterocycles. The number of hydrogen-bond donors (Lipinski definition) is 0. The molecule has 1 aromatic carbocycles. The van der Waals surface area contributed by atoms with Crippen LogP contribution in [-0.2, 0) is 0 Å². The zero-order chi connectivity index (χ0) is 11.4. The van der Waals surface area contributed by atoms with E-state index < -0.39 is 5.97 Å². The summed E-state index contributed by atoms with van der Waals surface area (Å²) in [6.45, 7) is 0. The number of rotatable bonds is 2. The van der Waals surface area contributed by atoms with Crippen LogP contribution in [0.2, 0.25) is 0 Å². The van der Waals surface area contributed by atoms with E-state index in [9.17, 15) is 4.79 Å². The van der Waals surface area contributed by atoms with E-state index in [1.807, 2.05) is 6.07 Å². The van der Waals surface area contributed by atoms with Crippen LogP contribution in [0.5, 0.6) is 5.88 Å². The fourth-order valence-corrected chi connectivity index (χ4v) is 1.40. The van der Waals surface area contributed by atoms with Crippen molar-refractivity contribution in [2.24, 2.45) is 0 Å². The molecule has 1 aromatic heterocycles. The Morgan fingerprint density at radius 1 is 1.31 bits per heavy atom. The predicted octanol–water partition coefficient (Wildman–Crippen LogP) is 2.71. The summed E-state index contributed by atoms with van der Waals surface area (Å²) in [5.74, 6) is -0.156. The molecule has 0 saturated heterocycles. The van der Waals surface area contributed by atoms with Gasteiger partial charge in [0, 0.05) is 21.9 Å². The summed E-state index contributed by atoms with van der Waals surface area (Å²) in [6.07, 6.45) is 1.59. The van der Waals surface area contributed by atoms with Crippen molar-refractivity contribution < 1.29 is 9.53 Å². The fraction of sp³-hybridized carbons (Fsp3) is 0. The van der Waals surface area contributed by atoms with Crippen LogP contribution in [-0.4, -0.2) is 11.0 Å². The molecule has 0 aliphatic carbocycles. The van der Waals surface area contributed by atoms with Crippen molar-refractivity contribution in [2.45, 2.75) is 0 Å². The Labute approximate surface area is 107 Å². The smallest absolute Gasteiger partial charge is 0.344 e. The molecular weight excluding hydrogens is 317 g/mol. The van der Waals surface area contributed by atoms with Gasteiger partial charge in [-0.2, -0.15) is 0 Å². The van der Waals surface area contributed by atoms with Gasteiger partial charge in [-0.15, -0.1) is 0 Å². The summed E-state index contributed by atoms with van der Waals surface area (Å²) in [7, 11) is 0. The van der Waals surface area contributed by atoms with Gasteiger partial charge in [-0.05, 0) is 34.7 Å². The van der Waals surface area contributed by atoms with E-state index >= 15 is 0 Å². The minimum atomic E-state index is -0.414. The zero-order valence-electron chi connectivity index (χ0n) is 8.18. The Morgan fingerprint density at radius 3 is 2.69 bits per heavy atom. The second-order valence-corrected chi connectivity index (χ2v) is 4.15. The van der Waals surface area contributed by atoms with Gasteiger partial charge >= 0.3 is 5.97 Å². The highest BCUT2D eigenvalue weighted by Crippen LogP contribution is 2.10. The summed E-state index contributed by atoms with van der Waals surface area (Å²) in [5.41, 5.74) is 0.503. The van der Waals surface area contributed by atoms with Crippen molar-refractivity contribution in [2.75, 3.05) is 0 Å². The highest BCUT2D eigenvalue weighted by Gasteiger charge is 2.07. The minimum Gasteiger partial charge on any atom is -0.404 e. The molecule has 0 aliphatic rings. The second-order valence-electron chi connectivity index (χ2n) is 2.99. The van der Waals surface area contributed by atoms with Crippen molar-refractivity contribution in [3.63, 3.8) is 0 Å². The molecule has 2 rings (SSSR count). The van der Waals surface area contributed by atoms with Crippen LogP contribution in [0, 0.1) is 9.64 Å². The lowest BCUT2D eigenvalue weighted by Crippen LogP contribution is -2.09. The first kappa shape index (κ1) is 11.1. The number of ether oxygens (including phenoxy) is 1. The molecule has 0 spiro atoms. The lowest BCUT2D eigenvalue weighted by molar-refractivity contribution is 0.0727. The third-order valence-corrected chi connectivity index (χ3v) is 2.44. The average Bonchev–Trinajstić information content (AvgIpc) is 2.33. The molecule has 79 valence electrons. The third-order valence-electron chi connectivity index (χ3n) is 1.85. The van der Waals surface area contributed by atoms with Crippen molar-refractivity contribution >= 4 is 28.6 Å². The molecule has 2 aromatic rings. The fourth-order valence-electron chi connectivity index (χ4n) is 1.11. The number of nitrogens with zero attached hydrogens (tertiary/aromatic N) is 1. The molecule has 0 bridgehead atoms. The molecule has 0 amide bonds. The molecule has 0 N–H and O–H groups in total. The summed E-state index contributed by atoms with van der Waals surface area (Å²) in [5, 5.41) is 0. The van der Waals surface area contributed by atoms with Crippen molar-refractivity contribution in [1.82, 2.24) is 4.98 Å².